The van der Waals surface area contributed by atoms with Crippen LogP contribution in [0, 0.1) is 0 Å². The Morgan fingerprint density at radius 3 is 1.39 bits per heavy atom. The number of hydrogen-bond acceptors (Lipinski definition) is 11. The monoisotopic (exact) mass is 1390 g/mol. The van der Waals surface area contributed by atoms with Crippen molar-refractivity contribution >= 4 is 40.5 Å². The molecule has 3 heterocycles. The highest BCUT2D eigenvalue weighted by atomic mass is 35.5. The molecule has 0 bridgehead atoms. The minimum Gasteiger partial charge on any atom is -0.491 e. The lowest BCUT2D eigenvalue weighted by Gasteiger charge is -2.38. The molecule has 2 fully saturated rings. The molecule has 542 valence electrons. The number of Topliss-reactive ketones (excluding diaryl/α,β-unsaturated/α-hetero) is 2. The number of halogens is 2. The largest absolute Gasteiger partial charge is 0.491 e. The summed E-state index contributed by atoms with van der Waals surface area (Å²) < 4.78 is 30.7. The zero-order valence-electron chi connectivity index (χ0n) is 63.4. The fraction of sp³-hybridized carbons (Fsp3) is 0.529. The van der Waals surface area contributed by atoms with Crippen molar-refractivity contribution in [2.24, 2.45) is 0 Å². The number of anilines is 1. The Labute approximate surface area is 607 Å². The van der Waals surface area contributed by atoms with Gasteiger partial charge in [-0.15, -0.1) is 0 Å². The fourth-order valence-corrected chi connectivity index (χ4v) is 12.9. The zero-order valence-corrected chi connectivity index (χ0v) is 64.9. The quantitative estimate of drug-likeness (QED) is 0.0401. The molecule has 0 spiro atoms. The second kappa shape index (κ2) is 44.7. The van der Waals surface area contributed by atoms with Gasteiger partial charge in [-0.1, -0.05) is 146 Å². The molecule has 2 saturated heterocycles. The predicted octanol–water partition coefficient (Wildman–Crippen LogP) is 22.3. The van der Waals surface area contributed by atoms with Crippen LogP contribution < -0.4 is 9.64 Å². The van der Waals surface area contributed by atoms with Crippen molar-refractivity contribution < 1.29 is 33.3 Å². The Morgan fingerprint density at radius 1 is 0.576 bits per heavy atom. The predicted molar refractivity (Wildman–Crippen MR) is 415 cm³/mol. The van der Waals surface area contributed by atoms with Crippen LogP contribution in [0.1, 0.15) is 224 Å². The summed E-state index contributed by atoms with van der Waals surface area (Å²) in [6.45, 7) is 36.1. The SMILES string of the molecule is CC(C)N1CCN(c2ccc(OC[C@H]3CO[C@](Cn4cncn4)(c4ccc(Cl)cc4Cl)O3)cc2)CC1.COC1=C(OC)C(=O)C(C/C=C(\C)CC/C=C(\C)CC/C=C(\C)CC/C=C(\C)CC/C=C(\C)CC/C=C(\C)CC/C=C(\C)CC/C=C(\C)CC/C=C(\C)CCC=C(C)C)=C(C)C1=O. The number of piperazine rings is 1. The zero-order chi connectivity index (χ0) is 72.3. The summed E-state index contributed by atoms with van der Waals surface area (Å²) in [5, 5.41) is 5.22. The molecule has 0 unspecified atom stereocenters. The summed E-state index contributed by atoms with van der Waals surface area (Å²) in [5.74, 6) is -0.898. The molecule has 12 nitrogen and oxygen atoms in total. The highest BCUT2D eigenvalue weighted by Crippen LogP contribution is 2.41. The maximum atomic E-state index is 12.9. The Bertz CT molecular complexity index is 3430. The van der Waals surface area contributed by atoms with Crippen LogP contribution in [0.3, 0.4) is 0 Å². The third-order valence-corrected chi connectivity index (χ3v) is 19.4. The number of methoxy groups -OCH3 is 2. The van der Waals surface area contributed by atoms with E-state index in [4.69, 9.17) is 46.9 Å². The summed E-state index contributed by atoms with van der Waals surface area (Å²) in [6.07, 6.45) is 47.1. The third-order valence-electron chi connectivity index (χ3n) is 18.8. The maximum absolute atomic E-state index is 12.9. The Kier molecular flexibility index (Phi) is 37.5. The molecule has 2 aromatic carbocycles. The van der Waals surface area contributed by atoms with Gasteiger partial charge in [0.2, 0.25) is 28.9 Å². The normalized spacial score (nSPS) is 18.4. The molecule has 3 aromatic rings. The van der Waals surface area contributed by atoms with E-state index in [0.29, 0.717) is 59.0 Å². The molecule has 3 aliphatic rings. The van der Waals surface area contributed by atoms with Crippen LogP contribution in [0.4, 0.5) is 5.69 Å². The Hall–Kier alpha value is -6.54. The van der Waals surface area contributed by atoms with Gasteiger partial charge in [-0.25, -0.2) is 9.67 Å². The van der Waals surface area contributed by atoms with E-state index in [-0.39, 0.29) is 29.2 Å². The van der Waals surface area contributed by atoms with Crippen LogP contribution in [-0.4, -0.2) is 97.0 Å². The van der Waals surface area contributed by atoms with Gasteiger partial charge in [0.05, 0.1) is 25.8 Å². The van der Waals surface area contributed by atoms with Gasteiger partial charge in [0.1, 0.15) is 37.7 Å². The summed E-state index contributed by atoms with van der Waals surface area (Å²) >= 11 is 12.7. The number of carbonyl (C=O) groups excluding carboxylic acids is 2. The van der Waals surface area contributed by atoms with Gasteiger partial charge >= 0.3 is 0 Å². The van der Waals surface area contributed by atoms with E-state index in [2.05, 4.69) is 183 Å². The molecular formula is C85H121Cl2N5O7. The number of hydrogen-bond donors (Lipinski definition) is 0. The Balaban J connectivity index is 0.000000409. The molecular weight excluding hydrogens is 1270 g/mol. The van der Waals surface area contributed by atoms with Gasteiger partial charge in [0, 0.05) is 59.6 Å². The van der Waals surface area contributed by atoms with Crippen molar-refractivity contribution in [3.63, 3.8) is 0 Å². The Morgan fingerprint density at radius 2 is 1.00 bits per heavy atom. The van der Waals surface area contributed by atoms with Crippen LogP contribution in [0.2, 0.25) is 10.0 Å². The second-order valence-electron chi connectivity index (χ2n) is 28.1. The lowest BCUT2D eigenvalue weighted by atomic mass is 9.90. The summed E-state index contributed by atoms with van der Waals surface area (Å²) in [5.41, 5.74) is 17.4. The molecule has 0 N–H and O–H groups in total. The van der Waals surface area contributed by atoms with Crippen LogP contribution in [-0.2, 0) is 40.9 Å². The smallest absolute Gasteiger partial charge is 0.228 e. The first-order valence-electron chi connectivity index (χ1n) is 36.4. The van der Waals surface area contributed by atoms with E-state index in [1.807, 2.05) is 18.2 Å². The number of carbonyl (C=O) groups is 2. The number of allylic oxidation sites excluding steroid dienone is 22. The first kappa shape index (κ1) is 83.1. The number of ketones is 2. The minimum atomic E-state index is -1.12. The standard InChI is InChI=1S/C59H90O4.C26H31Cl2N5O3/c1-44(2)24-15-25-45(3)26-16-27-46(4)28-17-29-47(5)30-18-31-48(6)32-19-33-49(7)34-20-35-50(8)36-21-37-51(9)38-22-39-52(10)40-23-41-53(11)42-43-55-54(12)56(60)58(62-13)59(63-14)57(55)61;1-19(2)31-9-11-32(12-10-31)21-4-6-22(7-5-21)34-14-23-15-35-26(36-23,16-33-18-29-17-30-33)24-8-3-20(27)13-25(24)28/h24,26,28,30,32,34,36,38,40,42H,15-23,25,27,29,31,33,35,37,39,41,43H2,1-14H3;3-8,13,17-19,23H,9-12,14-16H2,1-2H3/b45-26+,46-28+,47-30+,48-32+,49-34+,50-36+,51-38+,52-40+,53-42+;/t;23-,26-/m.0/s1. The fourth-order valence-electron chi connectivity index (χ4n) is 12.3. The lowest BCUT2D eigenvalue weighted by molar-refractivity contribution is -0.190. The first-order chi connectivity index (χ1) is 47.4. The molecule has 0 radical (unpaired) electrons. The molecule has 2 aliphatic heterocycles. The lowest BCUT2D eigenvalue weighted by Crippen LogP contribution is -2.48. The highest BCUT2D eigenvalue weighted by Gasteiger charge is 2.46. The topological polar surface area (TPSA) is 117 Å². The van der Waals surface area contributed by atoms with E-state index in [1.54, 1.807) is 30.1 Å². The molecule has 1 aliphatic carbocycles. The molecule has 0 saturated carbocycles. The summed E-state index contributed by atoms with van der Waals surface area (Å²) in [6, 6.07) is 14.1. The van der Waals surface area contributed by atoms with Gasteiger partial charge in [-0.2, -0.15) is 5.10 Å². The number of ether oxygens (including phenoxy) is 5. The van der Waals surface area contributed by atoms with Gasteiger partial charge in [-0.05, 0) is 255 Å². The van der Waals surface area contributed by atoms with Crippen LogP contribution in [0.25, 0.3) is 0 Å². The van der Waals surface area contributed by atoms with Gasteiger partial charge in [0.15, 0.2) is 0 Å². The van der Waals surface area contributed by atoms with E-state index in [1.165, 1.54) is 101 Å². The number of benzene rings is 2. The van der Waals surface area contributed by atoms with E-state index in [0.717, 1.165) is 128 Å². The van der Waals surface area contributed by atoms with Gasteiger partial charge in [-0.3, -0.25) is 14.5 Å². The maximum Gasteiger partial charge on any atom is 0.228 e. The van der Waals surface area contributed by atoms with E-state index in [9.17, 15) is 9.59 Å². The van der Waals surface area contributed by atoms with E-state index >= 15 is 0 Å². The summed E-state index contributed by atoms with van der Waals surface area (Å²) in [4.78, 5) is 34.5. The number of rotatable bonds is 39. The third kappa shape index (κ3) is 30.3. The molecule has 6 rings (SSSR count). The van der Waals surface area contributed by atoms with Crippen molar-refractivity contribution in [3.8, 4) is 5.75 Å². The molecule has 99 heavy (non-hydrogen) atoms. The van der Waals surface area contributed by atoms with Gasteiger partial charge < -0.3 is 28.6 Å². The van der Waals surface area contributed by atoms with Crippen molar-refractivity contribution in [2.75, 3.05) is 58.5 Å². The van der Waals surface area contributed by atoms with Crippen molar-refractivity contribution in [1.29, 1.82) is 0 Å². The van der Waals surface area contributed by atoms with E-state index < -0.39 is 5.79 Å². The average molecular weight is 1400 g/mol. The average Bonchev–Trinajstić information content (AvgIpc) is 1.74. The number of nitrogens with zero attached hydrogens (tertiary/aromatic N) is 5. The molecule has 0 amide bonds. The van der Waals surface area contributed by atoms with Crippen molar-refractivity contribution in [2.45, 2.75) is 243 Å². The van der Waals surface area contributed by atoms with Crippen molar-refractivity contribution in [3.05, 3.63) is 210 Å². The van der Waals surface area contributed by atoms with Gasteiger partial charge in [0.25, 0.3) is 0 Å². The van der Waals surface area contributed by atoms with Crippen LogP contribution >= 0.6 is 23.2 Å². The van der Waals surface area contributed by atoms with Crippen molar-refractivity contribution in [1.82, 2.24) is 19.7 Å². The summed E-state index contributed by atoms with van der Waals surface area (Å²) in [7, 11) is 2.78. The van der Waals surface area contributed by atoms with Crippen LogP contribution in [0.15, 0.2) is 194 Å². The molecule has 1 aromatic heterocycles. The minimum absolute atomic E-state index is 0.00667. The molecule has 14 heteroatoms. The molecule has 2 atom stereocenters. The first-order valence-corrected chi connectivity index (χ1v) is 37.1. The number of aromatic nitrogens is 3. The second-order valence-corrected chi connectivity index (χ2v) is 28.9. The van der Waals surface area contributed by atoms with Crippen LogP contribution in [0.5, 0.6) is 5.75 Å². The highest BCUT2D eigenvalue weighted by molar-refractivity contribution is 6.35.